The van der Waals surface area contributed by atoms with E-state index in [1.807, 2.05) is 4.90 Å². The maximum absolute atomic E-state index is 12.1. The zero-order valence-electron chi connectivity index (χ0n) is 14.1. The smallest absolute Gasteiger partial charge is 0.269 e. The molecule has 0 unspecified atom stereocenters. The van der Waals surface area contributed by atoms with E-state index in [9.17, 15) is 20.1 Å². The van der Waals surface area contributed by atoms with Crippen LogP contribution in [0.4, 0.5) is 0 Å². The number of aromatic nitrogens is 1. The molecular formula is C17H25N3O5. The Morgan fingerprint density at radius 3 is 2.80 bits per heavy atom. The summed E-state index contributed by atoms with van der Waals surface area (Å²) < 4.78 is 5.27. The fourth-order valence-electron chi connectivity index (χ4n) is 3.41. The molecule has 4 N–H and O–H groups in total. The minimum atomic E-state index is -1.45. The number of aliphatic hydroxyl groups excluding tert-OH is 1. The van der Waals surface area contributed by atoms with E-state index in [0.717, 1.165) is 0 Å². The number of rotatable bonds is 5. The fraction of sp³-hybridized carbons (Fsp3) is 0.647. The van der Waals surface area contributed by atoms with Crippen LogP contribution in [-0.4, -0.2) is 87.8 Å². The summed E-state index contributed by atoms with van der Waals surface area (Å²) in [6.07, 6.45) is 1.59. The minimum Gasteiger partial charge on any atom is -0.389 e. The van der Waals surface area contributed by atoms with Gasteiger partial charge >= 0.3 is 0 Å². The van der Waals surface area contributed by atoms with Crippen LogP contribution in [0.3, 0.4) is 0 Å². The van der Waals surface area contributed by atoms with Crippen LogP contribution in [0.5, 0.6) is 0 Å². The van der Waals surface area contributed by atoms with Crippen LogP contribution in [0, 0.1) is 0 Å². The van der Waals surface area contributed by atoms with Gasteiger partial charge in [-0.25, -0.2) is 0 Å². The lowest BCUT2D eigenvalue weighted by molar-refractivity contribution is -0.0798. The number of nitrogens with zero attached hydrogens (tertiary/aromatic N) is 2. The van der Waals surface area contributed by atoms with Gasteiger partial charge < -0.3 is 25.4 Å². The summed E-state index contributed by atoms with van der Waals surface area (Å²) in [5.74, 6) is -0.400. The molecule has 2 aliphatic rings. The van der Waals surface area contributed by atoms with E-state index >= 15 is 0 Å². The van der Waals surface area contributed by atoms with Crippen LogP contribution in [0.25, 0.3) is 0 Å². The van der Waals surface area contributed by atoms with Gasteiger partial charge in [-0.1, -0.05) is 6.07 Å². The standard InChI is InChI=1S/C17H25N3O5/c21-14-9-20(11-16(23)4-7-25-8-5-16)12-17(14,24)10-19-15(22)13-3-1-2-6-18-13/h1-3,6,14,21,23-24H,4-5,7-12H2,(H,19,22)/t14-,17+/m1/s1. The molecule has 25 heavy (non-hydrogen) atoms. The number of ether oxygens (including phenoxy) is 1. The first kappa shape index (κ1) is 18.2. The molecule has 1 aromatic rings. The molecule has 3 rings (SSSR count). The van der Waals surface area contributed by atoms with E-state index in [4.69, 9.17) is 4.74 Å². The number of carbonyl (C=O) groups excluding carboxylic acids is 1. The quantitative estimate of drug-likeness (QED) is 0.524. The zero-order chi connectivity index (χ0) is 17.9. The van der Waals surface area contributed by atoms with E-state index in [1.54, 1.807) is 18.2 Å². The molecule has 0 radical (unpaired) electrons. The first-order valence-corrected chi connectivity index (χ1v) is 8.52. The van der Waals surface area contributed by atoms with Crippen molar-refractivity contribution in [3.05, 3.63) is 30.1 Å². The highest BCUT2D eigenvalue weighted by Gasteiger charge is 2.46. The van der Waals surface area contributed by atoms with Crippen LogP contribution in [0.1, 0.15) is 23.3 Å². The maximum atomic E-state index is 12.1. The van der Waals surface area contributed by atoms with E-state index < -0.39 is 23.2 Å². The average Bonchev–Trinajstić information content (AvgIpc) is 2.87. The molecule has 0 spiro atoms. The molecule has 138 valence electrons. The van der Waals surface area contributed by atoms with Crippen molar-refractivity contribution >= 4 is 5.91 Å². The van der Waals surface area contributed by atoms with Crippen molar-refractivity contribution in [1.29, 1.82) is 0 Å². The predicted octanol–water partition coefficient (Wildman–Crippen LogP) is -1.24. The Morgan fingerprint density at radius 1 is 1.36 bits per heavy atom. The third-order valence-corrected chi connectivity index (χ3v) is 4.94. The van der Waals surface area contributed by atoms with Gasteiger partial charge in [-0.05, 0) is 12.1 Å². The molecule has 0 saturated carbocycles. The minimum absolute atomic E-state index is 0.0817. The Labute approximate surface area is 146 Å². The second-order valence-electron chi connectivity index (χ2n) is 7.02. The molecule has 2 aliphatic heterocycles. The third kappa shape index (κ3) is 4.34. The van der Waals surface area contributed by atoms with Crippen LogP contribution in [-0.2, 0) is 4.74 Å². The SMILES string of the molecule is O=C(NC[C@]1(O)CN(CC2(O)CCOCC2)C[C@H]1O)c1ccccn1. The second-order valence-corrected chi connectivity index (χ2v) is 7.02. The predicted molar refractivity (Wildman–Crippen MR) is 89.0 cm³/mol. The molecule has 3 heterocycles. The lowest BCUT2D eigenvalue weighted by atomic mass is 9.94. The molecule has 1 amide bonds. The van der Waals surface area contributed by atoms with Crippen LogP contribution < -0.4 is 5.32 Å². The molecule has 8 heteroatoms. The third-order valence-electron chi connectivity index (χ3n) is 4.94. The molecule has 8 nitrogen and oxygen atoms in total. The monoisotopic (exact) mass is 351 g/mol. The van der Waals surface area contributed by atoms with Crippen molar-refractivity contribution in [1.82, 2.24) is 15.2 Å². The number of aliphatic hydroxyl groups is 3. The molecule has 0 aliphatic carbocycles. The maximum Gasteiger partial charge on any atom is 0.269 e. The summed E-state index contributed by atoms with van der Waals surface area (Å²) in [6.45, 7) is 1.74. The Balaban J connectivity index is 1.55. The molecule has 0 bridgehead atoms. The van der Waals surface area contributed by atoms with Gasteiger partial charge in [0.2, 0.25) is 0 Å². The van der Waals surface area contributed by atoms with Crippen LogP contribution >= 0.6 is 0 Å². The average molecular weight is 351 g/mol. The molecule has 2 saturated heterocycles. The number of carbonyl (C=O) groups is 1. The highest BCUT2D eigenvalue weighted by atomic mass is 16.5. The van der Waals surface area contributed by atoms with Gasteiger partial charge in [0.15, 0.2) is 0 Å². The van der Waals surface area contributed by atoms with Crippen molar-refractivity contribution in [3.8, 4) is 0 Å². The van der Waals surface area contributed by atoms with Crippen molar-refractivity contribution in [3.63, 3.8) is 0 Å². The summed E-state index contributed by atoms with van der Waals surface area (Å²) in [6, 6.07) is 5.00. The van der Waals surface area contributed by atoms with Gasteiger partial charge in [0.25, 0.3) is 5.91 Å². The number of pyridine rings is 1. The van der Waals surface area contributed by atoms with Gasteiger partial charge in [-0.2, -0.15) is 0 Å². The van der Waals surface area contributed by atoms with Crippen molar-refractivity contribution in [2.45, 2.75) is 30.1 Å². The largest absolute Gasteiger partial charge is 0.389 e. The number of amides is 1. The van der Waals surface area contributed by atoms with Crippen LogP contribution in [0.2, 0.25) is 0 Å². The summed E-state index contributed by atoms with van der Waals surface area (Å²) in [5.41, 5.74) is -2.06. The van der Waals surface area contributed by atoms with Gasteiger partial charge in [0.1, 0.15) is 11.3 Å². The Bertz CT molecular complexity index is 593. The number of likely N-dealkylation sites (tertiary alicyclic amines) is 1. The topological polar surface area (TPSA) is 115 Å². The molecule has 1 aromatic heterocycles. The van der Waals surface area contributed by atoms with Gasteiger partial charge in [0.05, 0.1) is 18.2 Å². The highest BCUT2D eigenvalue weighted by molar-refractivity contribution is 5.92. The zero-order valence-corrected chi connectivity index (χ0v) is 14.1. The highest BCUT2D eigenvalue weighted by Crippen LogP contribution is 2.27. The Hall–Kier alpha value is -1.58. The Morgan fingerprint density at radius 2 is 2.12 bits per heavy atom. The lowest BCUT2D eigenvalue weighted by Gasteiger charge is -2.35. The molecule has 2 fully saturated rings. The van der Waals surface area contributed by atoms with Gasteiger partial charge in [-0.3, -0.25) is 14.7 Å². The summed E-state index contributed by atoms with van der Waals surface area (Å²) in [5, 5.41) is 34.2. The second kappa shape index (κ2) is 7.35. The Kier molecular flexibility index (Phi) is 5.35. The number of nitrogens with one attached hydrogen (secondary N) is 1. The van der Waals surface area contributed by atoms with Gasteiger partial charge in [-0.15, -0.1) is 0 Å². The summed E-state index contributed by atoms with van der Waals surface area (Å²) in [4.78, 5) is 17.9. The number of β-amino-alcohol motifs (C(OH)–C–C–N with tert-alkyl or cyclic N) is 3. The summed E-state index contributed by atoms with van der Waals surface area (Å²) >= 11 is 0. The molecule has 2 atom stereocenters. The first-order valence-electron chi connectivity index (χ1n) is 8.52. The molecule has 0 aromatic carbocycles. The van der Waals surface area contributed by atoms with Crippen molar-refractivity contribution < 1.29 is 24.9 Å². The number of hydrogen-bond acceptors (Lipinski definition) is 7. The number of hydrogen-bond donors (Lipinski definition) is 4. The first-order chi connectivity index (χ1) is 11.9. The summed E-state index contributed by atoms with van der Waals surface area (Å²) in [7, 11) is 0. The van der Waals surface area contributed by atoms with Gasteiger partial charge in [0, 0.05) is 51.9 Å². The normalized spacial score (nSPS) is 29.5. The van der Waals surface area contributed by atoms with E-state index in [-0.39, 0.29) is 25.3 Å². The van der Waals surface area contributed by atoms with E-state index in [1.165, 1.54) is 6.20 Å². The van der Waals surface area contributed by atoms with E-state index in [2.05, 4.69) is 10.3 Å². The van der Waals surface area contributed by atoms with Crippen LogP contribution in [0.15, 0.2) is 24.4 Å². The van der Waals surface area contributed by atoms with Crippen molar-refractivity contribution in [2.75, 3.05) is 39.4 Å². The fourth-order valence-corrected chi connectivity index (χ4v) is 3.41. The van der Waals surface area contributed by atoms with E-state index in [0.29, 0.717) is 32.6 Å². The van der Waals surface area contributed by atoms with Crippen molar-refractivity contribution in [2.24, 2.45) is 0 Å². The lowest BCUT2D eigenvalue weighted by Crippen LogP contribution is -2.52. The molecular weight excluding hydrogens is 326 g/mol.